The van der Waals surface area contributed by atoms with E-state index >= 15 is 0 Å². The van der Waals surface area contributed by atoms with Gasteiger partial charge in [0.25, 0.3) is 0 Å². The SMILES string of the molecule is CCc1cc(CC)c(C(=O)C2CCCOC2)c(CC)c1. The number of ketones is 1. The Kier molecular flexibility index (Phi) is 5.36. The zero-order chi connectivity index (χ0) is 14.5. The lowest BCUT2D eigenvalue weighted by molar-refractivity contribution is 0.0460. The number of carbonyl (C=O) groups excluding carboxylic acids is 1. The molecule has 0 amide bonds. The topological polar surface area (TPSA) is 26.3 Å². The molecule has 1 aromatic rings. The largest absolute Gasteiger partial charge is 0.381 e. The maximum absolute atomic E-state index is 12.9. The van der Waals surface area contributed by atoms with Gasteiger partial charge < -0.3 is 4.74 Å². The molecule has 1 aliphatic rings. The lowest BCUT2D eigenvalue weighted by atomic mass is 9.85. The van der Waals surface area contributed by atoms with Crippen molar-refractivity contribution in [1.82, 2.24) is 0 Å². The molecule has 1 fully saturated rings. The summed E-state index contributed by atoms with van der Waals surface area (Å²) in [6.07, 6.45) is 4.86. The number of benzene rings is 1. The smallest absolute Gasteiger partial charge is 0.168 e. The summed E-state index contributed by atoms with van der Waals surface area (Å²) in [4.78, 5) is 12.9. The molecule has 1 aromatic carbocycles. The molecule has 0 aromatic heterocycles. The first-order valence-corrected chi connectivity index (χ1v) is 7.97. The highest BCUT2D eigenvalue weighted by molar-refractivity contribution is 6.00. The van der Waals surface area contributed by atoms with Gasteiger partial charge in [-0.2, -0.15) is 0 Å². The lowest BCUT2D eigenvalue weighted by Gasteiger charge is -2.23. The fraction of sp³-hybridized carbons (Fsp3) is 0.611. The second-order valence-electron chi connectivity index (χ2n) is 5.63. The molecule has 2 rings (SSSR count). The van der Waals surface area contributed by atoms with Gasteiger partial charge in [-0.1, -0.05) is 32.9 Å². The summed E-state index contributed by atoms with van der Waals surface area (Å²) in [5, 5.41) is 0. The van der Waals surface area contributed by atoms with E-state index in [2.05, 4.69) is 32.9 Å². The van der Waals surface area contributed by atoms with E-state index in [0.29, 0.717) is 12.4 Å². The van der Waals surface area contributed by atoms with Crippen molar-refractivity contribution in [3.05, 3.63) is 34.4 Å². The van der Waals surface area contributed by atoms with E-state index in [1.54, 1.807) is 0 Å². The van der Waals surface area contributed by atoms with Crippen LogP contribution in [0.2, 0.25) is 0 Å². The maximum atomic E-state index is 12.9. The monoisotopic (exact) mass is 274 g/mol. The van der Waals surface area contributed by atoms with Crippen LogP contribution < -0.4 is 0 Å². The molecule has 0 radical (unpaired) electrons. The molecule has 1 unspecified atom stereocenters. The van der Waals surface area contributed by atoms with Gasteiger partial charge in [-0.3, -0.25) is 4.79 Å². The molecule has 0 aliphatic carbocycles. The van der Waals surface area contributed by atoms with Crippen molar-refractivity contribution in [2.75, 3.05) is 13.2 Å². The molecule has 0 N–H and O–H groups in total. The van der Waals surface area contributed by atoms with Crippen LogP contribution in [0.4, 0.5) is 0 Å². The number of hydrogen-bond donors (Lipinski definition) is 0. The Morgan fingerprint density at radius 2 is 1.80 bits per heavy atom. The van der Waals surface area contributed by atoms with Gasteiger partial charge in [-0.25, -0.2) is 0 Å². The molecular weight excluding hydrogens is 248 g/mol. The number of rotatable bonds is 5. The number of hydrogen-bond acceptors (Lipinski definition) is 2. The van der Waals surface area contributed by atoms with Gasteiger partial charge in [-0.15, -0.1) is 0 Å². The lowest BCUT2D eigenvalue weighted by Crippen LogP contribution is -2.27. The van der Waals surface area contributed by atoms with Crippen molar-refractivity contribution in [3.8, 4) is 0 Å². The Hall–Kier alpha value is -1.15. The predicted octanol–water partition coefficient (Wildman–Crippen LogP) is 3.98. The highest BCUT2D eigenvalue weighted by Crippen LogP contribution is 2.26. The normalized spacial score (nSPS) is 19.1. The molecular formula is C18H26O2. The highest BCUT2D eigenvalue weighted by atomic mass is 16.5. The van der Waals surface area contributed by atoms with Gasteiger partial charge in [0.2, 0.25) is 0 Å². The molecule has 2 nitrogen and oxygen atoms in total. The molecule has 20 heavy (non-hydrogen) atoms. The van der Waals surface area contributed by atoms with Crippen LogP contribution in [-0.4, -0.2) is 19.0 Å². The molecule has 0 saturated carbocycles. The summed E-state index contributed by atoms with van der Waals surface area (Å²) in [5.41, 5.74) is 4.77. The first-order valence-electron chi connectivity index (χ1n) is 7.97. The first-order chi connectivity index (χ1) is 9.71. The van der Waals surface area contributed by atoms with Gasteiger partial charge in [0.1, 0.15) is 0 Å². The maximum Gasteiger partial charge on any atom is 0.168 e. The number of Topliss-reactive ketones (excluding diaryl/α,β-unsaturated/α-hetero) is 1. The van der Waals surface area contributed by atoms with Crippen LogP contribution >= 0.6 is 0 Å². The Balaban J connectivity index is 2.39. The quantitative estimate of drug-likeness (QED) is 0.759. The Morgan fingerprint density at radius 3 is 2.25 bits per heavy atom. The van der Waals surface area contributed by atoms with Crippen molar-refractivity contribution in [3.63, 3.8) is 0 Å². The first kappa shape index (κ1) is 15.2. The second-order valence-corrected chi connectivity index (χ2v) is 5.63. The Labute approximate surface area is 122 Å². The average molecular weight is 274 g/mol. The molecule has 1 heterocycles. The zero-order valence-corrected chi connectivity index (χ0v) is 13.0. The molecule has 1 aliphatic heterocycles. The third-order valence-electron chi connectivity index (χ3n) is 4.31. The molecule has 1 atom stereocenters. The fourth-order valence-corrected chi connectivity index (χ4v) is 3.07. The minimum absolute atomic E-state index is 0.0619. The molecule has 110 valence electrons. The zero-order valence-electron chi connectivity index (χ0n) is 13.0. The van der Waals surface area contributed by atoms with Gasteiger partial charge in [0, 0.05) is 18.1 Å². The van der Waals surface area contributed by atoms with Crippen LogP contribution in [0, 0.1) is 5.92 Å². The third-order valence-corrected chi connectivity index (χ3v) is 4.31. The molecule has 1 saturated heterocycles. The summed E-state index contributed by atoms with van der Waals surface area (Å²) >= 11 is 0. The van der Waals surface area contributed by atoms with Crippen LogP contribution in [0.3, 0.4) is 0 Å². The minimum atomic E-state index is 0.0619. The van der Waals surface area contributed by atoms with E-state index in [9.17, 15) is 4.79 Å². The van der Waals surface area contributed by atoms with Gasteiger partial charge >= 0.3 is 0 Å². The van der Waals surface area contributed by atoms with E-state index in [-0.39, 0.29) is 5.92 Å². The summed E-state index contributed by atoms with van der Waals surface area (Å²) < 4.78 is 5.50. The third kappa shape index (κ3) is 3.12. The molecule has 0 spiro atoms. The molecule has 2 heteroatoms. The number of carbonyl (C=O) groups is 1. The van der Waals surface area contributed by atoms with E-state index in [0.717, 1.165) is 44.3 Å². The van der Waals surface area contributed by atoms with E-state index in [4.69, 9.17) is 4.74 Å². The van der Waals surface area contributed by atoms with Crippen LogP contribution in [0.25, 0.3) is 0 Å². The number of aryl methyl sites for hydroxylation is 3. The van der Waals surface area contributed by atoms with Crippen LogP contribution in [-0.2, 0) is 24.0 Å². The van der Waals surface area contributed by atoms with Crippen LogP contribution in [0.15, 0.2) is 12.1 Å². The summed E-state index contributed by atoms with van der Waals surface area (Å²) in [6, 6.07) is 4.44. The van der Waals surface area contributed by atoms with Crippen molar-refractivity contribution >= 4 is 5.78 Å². The van der Waals surface area contributed by atoms with Crippen LogP contribution in [0.5, 0.6) is 0 Å². The minimum Gasteiger partial charge on any atom is -0.381 e. The summed E-state index contributed by atoms with van der Waals surface area (Å²) in [6.45, 7) is 7.86. The predicted molar refractivity (Wildman–Crippen MR) is 82.4 cm³/mol. The summed E-state index contributed by atoms with van der Waals surface area (Å²) in [5.74, 6) is 0.368. The average Bonchev–Trinajstić information content (AvgIpc) is 2.53. The highest BCUT2D eigenvalue weighted by Gasteiger charge is 2.26. The van der Waals surface area contributed by atoms with Crippen molar-refractivity contribution in [2.45, 2.75) is 52.9 Å². The number of ether oxygens (including phenoxy) is 1. The second kappa shape index (κ2) is 7.03. The Morgan fingerprint density at radius 1 is 1.15 bits per heavy atom. The fourth-order valence-electron chi connectivity index (χ4n) is 3.07. The van der Waals surface area contributed by atoms with Crippen molar-refractivity contribution in [1.29, 1.82) is 0 Å². The Bertz CT molecular complexity index is 445. The summed E-state index contributed by atoms with van der Waals surface area (Å²) in [7, 11) is 0. The van der Waals surface area contributed by atoms with Crippen molar-refractivity contribution in [2.24, 2.45) is 5.92 Å². The van der Waals surface area contributed by atoms with Gasteiger partial charge in [0.05, 0.1) is 6.61 Å². The standard InChI is InChI=1S/C18H26O2/c1-4-13-10-14(5-2)17(15(6-3)11-13)18(19)16-8-7-9-20-12-16/h10-11,16H,4-9,12H2,1-3H3. The van der Waals surface area contributed by atoms with E-state index in [1.807, 2.05) is 0 Å². The molecule has 0 bridgehead atoms. The van der Waals surface area contributed by atoms with E-state index in [1.165, 1.54) is 16.7 Å². The van der Waals surface area contributed by atoms with Gasteiger partial charge in [-0.05, 0) is 48.8 Å². The van der Waals surface area contributed by atoms with Crippen molar-refractivity contribution < 1.29 is 9.53 Å². The van der Waals surface area contributed by atoms with Gasteiger partial charge in [0.15, 0.2) is 5.78 Å². The van der Waals surface area contributed by atoms with E-state index < -0.39 is 0 Å². The van der Waals surface area contributed by atoms with Crippen LogP contribution in [0.1, 0.15) is 60.7 Å².